The number of hydrogen-bond donors (Lipinski definition) is 1. The molecular formula is C38H38N4O3. The normalized spacial score (nSPS) is 16.8. The van der Waals surface area contributed by atoms with Gasteiger partial charge in [0.05, 0.1) is 5.69 Å². The van der Waals surface area contributed by atoms with Crippen molar-refractivity contribution < 1.29 is 14.4 Å². The average molecular weight is 599 g/mol. The van der Waals surface area contributed by atoms with E-state index in [4.69, 9.17) is 0 Å². The number of benzene rings is 4. The van der Waals surface area contributed by atoms with E-state index in [1.165, 1.54) is 0 Å². The van der Waals surface area contributed by atoms with Gasteiger partial charge in [0.25, 0.3) is 17.7 Å². The average Bonchev–Trinajstić information content (AvgIpc) is 3.21. The highest BCUT2D eigenvalue weighted by molar-refractivity contribution is 6.22. The number of fused-ring (bicyclic) bond motifs is 1. The van der Waals surface area contributed by atoms with Crippen LogP contribution in [0.5, 0.6) is 0 Å². The van der Waals surface area contributed by atoms with E-state index < -0.39 is 0 Å². The predicted octanol–water partition coefficient (Wildman–Crippen LogP) is 6.51. The summed E-state index contributed by atoms with van der Waals surface area (Å²) in [6.07, 6.45) is 2.55. The van der Waals surface area contributed by atoms with Gasteiger partial charge >= 0.3 is 0 Å². The standard InChI is InChI=1S/C38H38N4O3/c1-26-12-15-28(16-13-26)31-8-4-5-10-33(31)36(43)39-30-19-17-29(18-20-30)37(44)42-27(2)14-21-34(32-9-6-7-11-35(32)42)38(45)41-24-22-40(3)23-25-41/h4-13,15-21,27H,14,22-25H2,1-3H3,(H,39,43). The fourth-order valence-electron chi connectivity index (χ4n) is 6.04. The Morgan fingerprint density at radius 3 is 2.09 bits per heavy atom. The summed E-state index contributed by atoms with van der Waals surface area (Å²) in [6.45, 7) is 7.11. The zero-order valence-corrected chi connectivity index (χ0v) is 26.0. The van der Waals surface area contributed by atoms with Crippen molar-refractivity contribution in [2.24, 2.45) is 0 Å². The molecule has 2 aliphatic heterocycles. The quantitative estimate of drug-likeness (QED) is 0.284. The molecule has 7 heteroatoms. The largest absolute Gasteiger partial charge is 0.336 e. The molecule has 0 bridgehead atoms. The molecule has 0 spiro atoms. The SMILES string of the molecule is Cc1ccc(-c2ccccc2C(=O)Nc2ccc(C(=O)N3c4ccccc4C(C(=O)N4CCN(C)CC4)=CCC3C)cc2)cc1. The fraction of sp³-hybridized carbons (Fsp3) is 0.237. The maximum Gasteiger partial charge on any atom is 0.258 e. The summed E-state index contributed by atoms with van der Waals surface area (Å²) < 4.78 is 0. The maximum atomic E-state index is 14.0. The van der Waals surface area contributed by atoms with Crippen molar-refractivity contribution in [2.45, 2.75) is 26.3 Å². The van der Waals surface area contributed by atoms with Gasteiger partial charge in [-0.05, 0) is 74.8 Å². The zero-order chi connectivity index (χ0) is 31.5. The number of para-hydroxylation sites is 1. The number of carbonyl (C=O) groups excluding carboxylic acids is 3. The van der Waals surface area contributed by atoms with Gasteiger partial charge in [0.1, 0.15) is 0 Å². The fourth-order valence-corrected chi connectivity index (χ4v) is 6.04. The third kappa shape index (κ3) is 6.30. The van der Waals surface area contributed by atoms with E-state index in [0.29, 0.717) is 41.9 Å². The van der Waals surface area contributed by atoms with Crippen molar-refractivity contribution in [1.29, 1.82) is 0 Å². The molecule has 2 aliphatic rings. The van der Waals surface area contributed by atoms with Crippen LogP contribution in [0.2, 0.25) is 0 Å². The summed E-state index contributed by atoms with van der Waals surface area (Å²) in [7, 11) is 2.07. The van der Waals surface area contributed by atoms with Gasteiger partial charge in [-0.2, -0.15) is 0 Å². The summed E-state index contributed by atoms with van der Waals surface area (Å²) in [4.78, 5) is 47.0. The number of amides is 3. The number of nitrogens with one attached hydrogen (secondary N) is 1. The molecule has 1 atom stereocenters. The topological polar surface area (TPSA) is 73.0 Å². The molecule has 228 valence electrons. The Hall–Kier alpha value is -5.01. The van der Waals surface area contributed by atoms with Crippen LogP contribution in [0.3, 0.4) is 0 Å². The Morgan fingerprint density at radius 2 is 1.38 bits per heavy atom. The molecular weight excluding hydrogens is 560 g/mol. The van der Waals surface area contributed by atoms with Gasteiger partial charge in [0, 0.05) is 60.2 Å². The van der Waals surface area contributed by atoms with Crippen LogP contribution < -0.4 is 10.2 Å². The van der Waals surface area contributed by atoms with Crippen LogP contribution in [0.1, 0.15) is 45.2 Å². The first-order chi connectivity index (χ1) is 21.8. The second-order valence-corrected chi connectivity index (χ2v) is 11.9. The van der Waals surface area contributed by atoms with Crippen LogP contribution in [-0.2, 0) is 4.79 Å². The lowest BCUT2D eigenvalue weighted by atomic mass is 9.98. The smallest absolute Gasteiger partial charge is 0.258 e. The molecule has 45 heavy (non-hydrogen) atoms. The minimum atomic E-state index is -0.219. The molecule has 6 rings (SSSR count). The van der Waals surface area contributed by atoms with Gasteiger partial charge in [0.2, 0.25) is 0 Å². The summed E-state index contributed by atoms with van der Waals surface area (Å²) in [5.41, 5.74) is 6.82. The van der Waals surface area contributed by atoms with Crippen LogP contribution >= 0.6 is 0 Å². The zero-order valence-electron chi connectivity index (χ0n) is 26.0. The number of anilines is 2. The van der Waals surface area contributed by atoms with Gasteiger partial charge in [-0.25, -0.2) is 0 Å². The predicted molar refractivity (Wildman–Crippen MR) is 180 cm³/mol. The molecule has 7 nitrogen and oxygen atoms in total. The number of hydrogen-bond acceptors (Lipinski definition) is 4. The van der Waals surface area contributed by atoms with Crippen molar-refractivity contribution in [3.8, 4) is 11.1 Å². The Labute approximate surface area is 264 Å². The molecule has 0 aromatic heterocycles. The highest BCUT2D eigenvalue weighted by Crippen LogP contribution is 2.35. The molecule has 0 radical (unpaired) electrons. The van der Waals surface area contributed by atoms with E-state index in [-0.39, 0.29) is 23.8 Å². The Morgan fingerprint density at radius 1 is 0.733 bits per heavy atom. The number of nitrogens with zero attached hydrogens (tertiary/aromatic N) is 3. The van der Waals surface area contributed by atoms with Crippen molar-refractivity contribution in [1.82, 2.24) is 9.80 Å². The van der Waals surface area contributed by atoms with Gasteiger partial charge < -0.3 is 20.0 Å². The number of likely N-dealkylation sites (N-methyl/N-ethyl adjacent to an activating group) is 1. The molecule has 1 unspecified atom stereocenters. The summed E-state index contributed by atoms with van der Waals surface area (Å²) in [6, 6.07) is 30.2. The number of piperazine rings is 1. The van der Waals surface area contributed by atoms with Crippen LogP contribution in [0.15, 0.2) is 103 Å². The summed E-state index contributed by atoms with van der Waals surface area (Å²) in [5.74, 6) is -0.357. The first kappa shape index (κ1) is 30.0. The third-order valence-corrected chi connectivity index (χ3v) is 8.72. The number of aryl methyl sites for hydroxylation is 1. The van der Waals surface area contributed by atoms with E-state index in [9.17, 15) is 14.4 Å². The van der Waals surface area contributed by atoms with Crippen molar-refractivity contribution in [3.63, 3.8) is 0 Å². The van der Waals surface area contributed by atoms with Crippen molar-refractivity contribution >= 4 is 34.7 Å². The van der Waals surface area contributed by atoms with Gasteiger partial charge in [-0.15, -0.1) is 0 Å². The molecule has 0 aliphatic carbocycles. The number of carbonyl (C=O) groups is 3. The van der Waals surface area contributed by atoms with E-state index in [0.717, 1.165) is 41.0 Å². The minimum absolute atomic E-state index is 0.0149. The second kappa shape index (κ2) is 12.9. The third-order valence-electron chi connectivity index (χ3n) is 8.72. The van der Waals surface area contributed by atoms with E-state index in [2.05, 4.69) is 17.3 Å². The molecule has 1 fully saturated rings. The molecule has 3 amide bonds. The molecule has 2 heterocycles. The van der Waals surface area contributed by atoms with Gasteiger partial charge in [0.15, 0.2) is 0 Å². The highest BCUT2D eigenvalue weighted by atomic mass is 16.2. The van der Waals surface area contributed by atoms with Gasteiger partial charge in [-0.1, -0.05) is 72.3 Å². The van der Waals surface area contributed by atoms with Crippen LogP contribution in [-0.4, -0.2) is 66.8 Å². The molecule has 1 saturated heterocycles. The van der Waals surface area contributed by atoms with Crippen LogP contribution in [0, 0.1) is 6.92 Å². The Balaban J connectivity index is 1.21. The highest BCUT2D eigenvalue weighted by Gasteiger charge is 2.32. The molecule has 0 saturated carbocycles. The van der Waals surface area contributed by atoms with Crippen molar-refractivity contribution in [2.75, 3.05) is 43.4 Å². The van der Waals surface area contributed by atoms with E-state index in [1.807, 2.05) is 97.6 Å². The molecule has 4 aromatic carbocycles. The summed E-state index contributed by atoms with van der Waals surface area (Å²) >= 11 is 0. The lowest BCUT2D eigenvalue weighted by Gasteiger charge is -2.33. The molecule has 4 aromatic rings. The lowest BCUT2D eigenvalue weighted by molar-refractivity contribution is -0.126. The molecule has 1 N–H and O–H groups in total. The monoisotopic (exact) mass is 598 g/mol. The van der Waals surface area contributed by atoms with E-state index >= 15 is 0 Å². The van der Waals surface area contributed by atoms with E-state index in [1.54, 1.807) is 29.2 Å². The van der Waals surface area contributed by atoms with Crippen molar-refractivity contribution in [3.05, 3.63) is 125 Å². The summed E-state index contributed by atoms with van der Waals surface area (Å²) in [5, 5.41) is 2.99. The Bertz CT molecular complexity index is 1750. The first-order valence-corrected chi connectivity index (χ1v) is 15.5. The van der Waals surface area contributed by atoms with Crippen LogP contribution in [0.4, 0.5) is 11.4 Å². The maximum absolute atomic E-state index is 14.0. The number of rotatable bonds is 5. The second-order valence-electron chi connectivity index (χ2n) is 11.9. The van der Waals surface area contributed by atoms with Crippen LogP contribution in [0.25, 0.3) is 16.7 Å². The van der Waals surface area contributed by atoms with Gasteiger partial charge in [-0.3, -0.25) is 14.4 Å². The first-order valence-electron chi connectivity index (χ1n) is 15.5. The minimum Gasteiger partial charge on any atom is -0.336 e. The lowest BCUT2D eigenvalue weighted by Crippen LogP contribution is -2.47. The Kier molecular flexibility index (Phi) is 8.62.